The highest BCUT2D eigenvalue weighted by atomic mass is 32.2. The second kappa shape index (κ2) is 9.11. The number of rotatable bonds is 8. The molecule has 2 amide bonds. The van der Waals surface area contributed by atoms with Gasteiger partial charge in [0, 0.05) is 31.8 Å². The number of non-ortho nitro benzene ring substituents is 1. The summed E-state index contributed by atoms with van der Waals surface area (Å²) in [4.78, 5) is 34.6. The molecule has 2 N–H and O–H groups in total. The molecule has 0 saturated carbocycles. The van der Waals surface area contributed by atoms with E-state index in [1.54, 1.807) is 25.9 Å². The summed E-state index contributed by atoms with van der Waals surface area (Å²) in [6.45, 7) is 0. The number of nitro benzene ring substituents is 1. The number of nitrogens with one attached hydrogen (secondary N) is 2. The van der Waals surface area contributed by atoms with Crippen LogP contribution in [0.15, 0.2) is 24.3 Å². The number of hydrogen-bond donors (Lipinski definition) is 2. The van der Waals surface area contributed by atoms with Gasteiger partial charge < -0.3 is 5.32 Å². The van der Waals surface area contributed by atoms with E-state index in [1.807, 2.05) is 6.26 Å². The molecule has 0 saturated heterocycles. The lowest BCUT2D eigenvalue weighted by Crippen LogP contribution is -2.50. The average Bonchev–Trinajstić information content (AvgIpc) is 2.50. The molecule has 1 aromatic rings. The van der Waals surface area contributed by atoms with E-state index in [0.717, 1.165) is 0 Å². The standard InChI is InChI=1S/C14H20N4O4S/c1-17(2)16-14(20)12(7-8-23-3)15-13(19)10-5-4-6-11(9-10)18(21)22/h4-6,9,12H,7-8H2,1-3H3,(H,15,19)(H,16,20)/t12-/m0/s1. The van der Waals surface area contributed by atoms with E-state index < -0.39 is 16.9 Å². The molecule has 0 fully saturated rings. The van der Waals surface area contributed by atoms with Gasteiger partial charge in [-0.3, -0.25) is 25.1 Å². The van der Waals surface area contributed by atoms with Gasteiger partial charge in [0.2, 0.25) is 0 Å². The maximum absolute atomic E-state index is 12.2. The Kier molecular flexibility index (Phi) is 7.49. The molecule has 9 heteroatoms. The van der Waals surface area contributed by atoms with Crippen LogP contribution >= 0.6 is 11.8 Å². The maximum atomic E-state index is 12.2. The lowest BCUT2D eigenvalue weighted by atomic mass is 10.1. The van der Waals surface area contributed by atoms with Crippen molar-refractivity contribution in [2.24, 2.45) is 0 Å². The molecule has 1 atom stereocenters. The number of carbonyl (C=O) groups excluding carboxylic acids is 2. The molecule has 0 aromatic heterocycles. The zero-order chi connectivity index (χ0) is 17.4. The molecule has 0 aliphatic rings. The fourth-order valence-corrected chi connectivity index (χ4v) is 2.28. The van der Waals surface area contributed by atoms with Crippen molar-refractivity contribution in [3.05, 3.63) is 39.9 Å². The van der Waals surface area contributed by atoms with E-state index in [-0.39, 0.29) is 17.2 Å². The molecular formula is C14H20N4O4S. The summed E-state index contributed by atoms with van der Waals surface area (Å²) in [5.41, 5.74) is 2.57. The molecule has 1 aromatic carbocycles. The minimum absolute atomic E-state index is 0.144. The number of thioether (sulfide) groups is 1. The summed E-state index contributed by atoms with van der Waals surface area (Å²) in [7, 11) is 3.35. The number of amides is 2. The highest BCUT2D eigenvalue weighted by Gasteiger charge is 2.22. The SMILES string of the molecule is CSCC[C@H](NC(=O)c1cccc([N+](=O)[O-])c1)C(=O)NN(C)C. The fraction of sp³-hybridized carbons (Fsp3) is 0.429. The van der Waals surface area contributed by atoms with Gasteiger partial charge in [0.15, 0.2) is 0 Å². The van der Waals surface area contributed by atoms with Crippen LogP contribution in [0.5, 0.6) is 0 Å². The first-order valence-electron chi connectivity index (χ1n) is 6.87. The van der Waals surface area contributed by atoms with Crippen molar-refractivity contribution in [3.8, 4) is 0 Å². The Morgan fingerprint density at radius 3 is 2.65 bits per heavy atom. The van der Waals surface area contributed by atoms with E-state index in [1.165, 1.54) is 29.3 Å². The van der Waals surface area contributed by atoms with Crippen molar-refractivity contribution in [1.82, 2.24) is 15.8 Å². The number of nitrogens with zero attached hydrogens (tertiary/aromatic N) is 2. The van der Waals surface area contributed by atoms with Crippen LogP contribution in [0.25, 0.3) is 0 Å². The van der Waals surface area contributed by atoms with E-state index in [2.05, 4.69) is 10.7 Å². The van der Waals surface area contributed by atoms with E-state index >= 15 is 0 Å². The second-order valence-corrected chi connectivity index (χ2v) is 5.97. The Hall–Kier alpha value is -2.13. The largest absolute Gasteiger partial charge is 0.340 e. The van der Waals surface area contributed by atoms with Crippen LogP contribution in [0.1, 0.15) is 16.8 Å². The molecule has 0 bridgehead atoms. The smallest absolute Gasteiger partial charge is 0.270 e. The molecule has 126 valence electrons. The van der Waals surface area contributed by atoms with E-state index in [0.29, 0.717) is 12.2 Å². The van der Waals surface area contributed by atoms with Crippen LogP contribution in [0, 0.1) is 10.1 Å². The molecule has 1 rings (SSSR count). The second-order valence-electron chi connectivity index (χ2n) is 4.99. The molecule has 0 unspecified atom stereocenters. The minimum Gasteiger partial charge on any atom is -0.340 e. The van der Waals surface area contributed by atoms with Gasteiger partial charge in [-0.25, -0.2) is 5.01 Å². The first kappa shape index (κ1) is 18.9. The van der Waals surface area contributed by atoms with Crippen molar-refractivity contribution in [3.63, 3.8) is 0 Å². The Balaban J connectivity index is 2.85. The minimum atomic E-state index is -0.711. The Morgan fingerprint density at radius 1 is 1.39 bits per heavy atom. The third-order valence-electron chi connectivity index (χ3n) is 2.89. The van der Waals surface area contributed by atoms with Crippen molar-refractivity contribution in [2.75, 3.05) is 26.1 Å². The molecule has 0 radical (unpaired) electrons. The van der Waals surface area contributed by atoms with Crippen molar-refractivity contribution in [2.45, 2.75) is 12.5 Å². The van der Waals surface area contributed by atoms with Gasteiger partial charge >= 0.3 is 0 Å². The van der Waals surface area contributed by atoms with Crippen LogP contribution in [-0.4, -0.2) is 53.9 Å². The lowest BCUT2D eigenvalue weighted by molar-refractivity contribution is -0.384. The molecule has 8 nitrogen and oxygen atoms in total. The lowest BCUT2D eigenvalue weighted by Gasteiger charge is -2.20. The molecule has 0 spiro atoms. The Labute approximate surface area is 138 Å². The van der Waals surface area contributed by atoms with Gasteiger partial charge in [-0.15, -0.1) is 0 Å². The zero-order valence-corrected chi connectivity index (χ0v) is 14.1. The van der Waals surface area contributed by atoms with Crippen LogP contribution in [-0.2, 0) is 4.79 Å². The monoisotopic (exact) mass is 340 g/mol. The Bertz CT molecular complexity index is 580. The normalized spacial score (nSPS) is 11.8. The van der Waals surface area contributed by atoms with Crippen LogP contribution in [0.2, 0.25) is 0 Å². The van der Waals surface area contributed by atoms with E-state index in [9.17, 15) is 19.7 Å². The summed E-state index contributed by atoms with van der Waals surface area (Å²) in [6, 6.07) is 4.68. The van der Waals surface area contributed by atoms with Gasteiger partial charge in [-0.1, -0.05) is 6.07 Å². The van der Waals surface area contributed by atoms with Gasteiger partial charge in [-0.05, 0) is 24.5 Å². The summed E-state index contributed by atoms with van der Waals surface area (Å²) < 4.78 is 0. The molecular weight excluding hydrogens is 320 g/mol. The predicted molar refractivity (Wildman–Crippen MR) is 89.2 cm³/mol. The van der Waals surface area contributed by atoms with Gasteiger partial charge in [0.1, 0.15) is 6.04 Å². The zero-order valence-electron chi connectivity index (χ0n) is 13.2. The highest BCUT2D eigenvalue weighted by Crippen LogP contribution is 2.13. The number of nitro groups is 1. The predicted octanol–water partition coefficient (Wildman–Crippen LogP) is 1.04. The first-order valence-corrected chi connectivity index (χ1v) is 8.26. The number of carbonyl (C=O) groups is 2. The number of hydrazine groups is 1. The molecule has 0 aliphatic heterocycles. The van der Waals surface area contributed by atoms with Gasteiger partial charge in [0.05, 0.1) is 4.92 Å². The Morgan fingerprint density at radius 2 is 2.09 bits per heavy atom. The van der Waals surface area contributed by atoms with Gasteiger partial charge in [-0.2, -0.15) is 11.8 Å². The van der Waals surface area contributed by atoms with Crippen molar-refractivity contribution < 1.29 is 14.5 Å². The summed E-state index contributed by atoms with van der Waals surface area (Å²) in [6.07, 6.45) is 2.37. The summed E-state index contributed by atoms with van der Waals surface area (Å²) in [5.74, 6) is -0.155. The van der Waals surface area contributed by atoms with Crippen molar-refractivity contribution in [1.29, 1.82) is 0 Å². The third-order valence-corrected chi connectivity index (χ3v) is 3.53. The molecule has 23 heavy (non-hydrogen) atoms. The van der Waals surface area contributed by atoms with Crippen LogP contribution < -0.4 is 10.7 Å². The van der Waals surface area contributed by atoms with Gasteiger partial charge in [0.25, 0.3) is 17.5 Å². The highest BCUT2D eigenvalue weighted by molar-refractivity contribution is 7.98. The number of benzene rings is 1. The van der Waals surface area contributed by atoms with Crippen molar-refractivity contribution >= 4 is 29.3 Å². The van der Waals surface area contributed by atoms with Crippen LogP contribution in [0.4, 0.5) is 5.69 Å². The first-order chi connectivity index (χ1) is 10.8. The topological polar surface area (TPSA) is 105 Å². The summed E-state index contributed by atoms with van der Waals surface area (Å²) in [5, 5.41) is 14.9. The summed E-state index contributed by atoms with van der Waals surface area (Å²) >= 11 is 1.56. The number of hydrogen-bond acceptors (Lipinski definition) is 6. The quantitative estimate of drug-likeness (QED) is 0.541. The maximum Gasteiger partial charge on any atom is 0.270 e. The average molecular weight is 340 g/mol. The molecule has 0 aliphatic carbocycles. The van der Waals surface area contributed by atoms with E-state index in [4.69, 9.17) is 0 Å². The van der Waals surface area contributed by atoms with Crippen LogP contribution in [0.3, 0.4) is 0 Å². The molecule has 0 heterocycles. The fourth-order valence-electron chi connectivity index (χ4n) is 1.81. The third kappa shape index (κ3) is 6.25.